The molecule has 0 saturated heterocycles. The summed E-state index contributed by atoms with van der Waals surface area (Å²) in [7, 11) is 0. The van der Waals surface area contributed by atoms with Crippen molar-refractivity contribution >= 4 is 17.5 Å². The number of benzene rings is 1. The quantitative estimate of drug-likeness (QED) is 0.834. The predicted octanol–water partition coefficient (Wildman–Crippen LogP) is 2.31. The Morgan fingerprint density at radius 2 is 1.90 bits per heavy atom. The zero-order valence-corrected chi connectivity index (χ0v) is 10.5. The molecule has 1 saturated carbocycles. The number of amides is 2. The Hall–Kier alpha value is -2.05. The van der Waals surface area contributed by atoms with E-state index in [9.17, 15) is 22.8 Å². The fourth-order valence-electron chi connectivity index (χ4n) is 1.63. The highest BCUT2D eigenvalue weighted by molar-refractivity contribution is 6.03. The summed E-state index contributed by atoms with van der Waals surface area (Å²) in [5.41, 5.74) is -0.832. The van der Waals surface area contributed by atoms with Gasteiger partial charge in [0.15, 0.2) is 0 Å². The maximum absolute atomic E-state index is 12.5. The Morgan fingerprint density at radius 3 is 2.50 bits per heavy atom. The first kappa shape index (κ1) is 14.4. The molecule has 20 heavy (non-hydrogen) atoms. The molecule has 0 bridgehead atoms. The molecule has 0 unspecified atom stereocenters. The molecule has 0 aromatic heterocycles. The first-order valence-corrected chi connectivity index (χ1v) is 6.11. The number of anilines is 1. The molecule has 0 atom stereocenters. The summed E-state index contributed by atoms with van der Waals surface area (Å²) in [5, 5.41) is 4.91. The first-order valence-electron chi connectivity index (χ1n) is 6.11. The van der Waals surface area contributed by atoms with Crippen LogP contribution < -0.4 is 10.6 Å². The number of hydrogen-bond acceptors (Lipinski definition) is 2. The van der Waals surface area contributed by atoms with E-state index in [0.29, 0.717) is 0 Å². The second-order valence-corrected chi connectivity index (χ2v) is 4.65. The zero-order valence-electron chi connectivity index (χ0n) is 10.5. The van der Waals surface area contributed by atoms with Crippen molar-refractivity contribution in [2.45, 2.75) is 31.5 Å². The molecule has 7 heteroatoms. The highest BCUT2D eigenvalue weighted by atomic mass is 19.4. The van der Waals surface area contributed by atoms with E-state index in [1.165, 1.54) is 12.1 Å². The third kappa shape index (κ3) is 4.25. The van der Waals surface area contributed by atoms with E-state index in [4.69, 9.17) is 0 Å². The van der Waals surface area contributed by atoms with Crippen molar-refractivity contribution in [3.63, 3.8) is 0 Å². The molecule has 0 heterocycles. The molecule has 1 aliphatic carbocycles. The van der Waals surface area contributed by atoms with Crippen molar-refractivity contribution in [3.8, 4) is 0 Å². The lowest BCUT2D eigenvalue weighted by atomic mass is 10.2. The fourth-order valence-corrected chi connectivity index (χ4v) is 1.63. The van der Waals surface area contributed by atoms with E-state index in [1.807, 2.05) is 0 Å². The van der Waals surface area contributed by atoms with E-state index in [-0.39, 0.29) is 11.7 Å². The number of halogens is 3. The van der Waals surface area contributed by atoms with Gasteiger partial charge in [-0.1, -0.05) is 6.07 Å². The molecule has 1 aromatic rings. The van der Waals surface area contributed by atoms with Crippen molar-refractivity contribution in [1.82, 2.24) is 5.32 Å². The average Bonchev–Trinajstić information content (AvgIpc) is 3.11. The number of carbonyl (C=O) groups excluding carboxylic acids is 2. The van der Waals surface area contributed by atoms with Crippen LogP contribution >= 0.6 is 0 Å². The summed E-state index contributed by atoms with van der Waals surface area (Å²) in [4.78, 5) is 22.9. The molecule has 2 rings (SSSR count). The monoisotopic (exact) mass is 286 g/mol. The van der Waals surface area contributed by atoms with Gasteiger partial charge in [0.25, 0.3) is 0 Å². The molecule has 1 aliphatic rings. The van der Waals surface area contributed by atoms with Gasteiger partial charge in [0.05, 0.1) is 5.56 Å². The molecule has 2 amide bonds. The number of nitrogens with one attached hydrogen (secondary N) is 2. The topological polar surface area (TPSA) is 58.2 Å². The van der Waals surface area contributed by atoms with Crippen molar-refractivity contribution in [2.24, 2.45) is 0 Å². The van der Waals surface area contributed by atoms with Crippen LogP contribution in [0.1, 0.15) is 24.8 Å². The minimum Gasteiger partial charge on any atom is -0.353 e. The second kappa shape index (κ2) is 5.52. The third-order valence-corrected chi connectivity index (χ3v) is 2.74. The molecule has 0 radical (unpaired) electrons. The highest BCUT2D eigenvalue weighted by Gasteiger charge is 2.30. The number of rotatable bonds is 4. The van der Waals surface area contributed by atoms with Crippen molar-refractivity contribution < 1.29 is 22.8 Å². The van der Waals surface area contributed by atoms with Gasteiger partial charge in [-0.15, -0.1) is 0 Å². The van der Waals surface area contributed by atoms with Crippen molar-refractivity contribution in [3.05, 3.63) is 29.8 Å². The Balaban J connectivity index is 1.91. The van der Waals surface area contributed by atoms with Crippen LogP contribution in [0, 0.1) is 0 Å². The van der Waals surface area contributed by atoms with Gasteiger partial charge in [0.2, 0.25) is 11.8 Å². The lowest BCUT2D eigenvalue weighted by Crippen LogP contribution is -2.29. The van der Waals surface area contributed by atoms with Gasteiger partial charge < -0.3 is 10.6 Å². The first-order chi connectivity index (χ1) is 9.34. The standard InChI is InChI=1S/C13H13F3N2O2/c14-13(15,16)8-2-1-3-10(6-8)18-12(20)7-11(19)17-9-4-5-9/h1-3,6,9H,4-5,7H2,(H,17,19)(H,18,20). The SMILES string of the molecule is O=C(CC(=O)NC1CC1)Nc1cccc(C(F)(F)F)c1. The summed E-state index contributed by atoms with van der Waals surface area (Å²) in [5.74, 6) is -1.06. The third-order valence-electron chi connectivity index (χ3n) is 2.74. The van der Waals surface area contributed by atoms with E-state index < -0.39 is 30.0 Å². The van der Waals surface area contributed by atoms with Crippen LogP contribution in [-0.4, -0.2) is 17.9 Å². The minimum absolute atomic E-state index is 0.0176. The average molecular weight is 286 g/mol. The molecule has 0 aliphatic heterocycles. The van der Waals surface area contributed by atoms with Crippen molar-refractivity contribution in [2.75, 3.05) is 5.32 Å². The molecular weight excluding hydrogens is 273 g/mol. The van der Waals surface area contributed by atoms with Gasteiger partial charge in [-0.25, -0.2) is 0 Å². The van der Waals surface area contributed by atoms with Gasteiger partial charge in [-0.05, 0) is 31.0 Å². The molecule has 1 aromatic carbocycles. The van der Waals surface area contributed by atoms with E-state index >= 15 is 0 Å². The Bertz CT molecular complexity index is 525. The second-order valence-electron chi connectivity index (χ2n) is 4.65. The van der Waals surface area contributed by atoms with Crippen LogP contribution in [0.3, 0.4) is 0 Å². The van der Waals surface area contributed by atoms with Crippen LogP contribution in [0.15, 0.2) is 24.3 Å². The fraction of sp³-hybridized carbons (Fsp3) is 0.385. The van der Waals surface area contributed by atoms with E-state index in [1.54, 1.807) is 0 Å². The molecule has 4 nitrogen and oxygen atoms in total. The van der Waals surface area contributed by atoms with Crippen LogP contribution in [0.2, 0.25) is 0 Å². The van der Waals surface area contributed by atoms with Gasteiger partial charge >= 0.3 is 6.18 Å². The van der Waals surface area contributed by atoms with Crippen LogP contribution in [0.25, 0.3) is 0 Å². The largest absolute Gasteiger partial charge is 0.416 e. The molecule has 1 fully saturated rings. The lowest BCUT2D eigenvalue weighted by molar-refractivity contribution is -0.137. The molecule has 108 valence electrons. The smallest absolute Gasteiger partial charge is 0.353 e. The zero-order chi connectivity index (χ0) is 14.8. The number of hydrogen-bond donors (Lipinski definition) is 2. The van der Waals surface area contributed by atoms with Crippen molar-refractivity contribution in [1.29, 1.82) is 0 Å². The predicted molar refractivity (Wildman–Crippen MR) is 65.9 cm³/mol. The van der Waals surface area contributed by atoms with Gasteiger partial charge in [-0.2, -0.15) is 13.2 Å². The van der Waals surface area contributed by atoms with Crippen LogP contribution in [0.4, 0.5) is 18.9 Å². The normalized spacial score (nSPS) is 14.8. The van der Waals surface area contributed by atoms with Crippen LogP contribution in [0.5, 0.6) is 0 Å². The maximum Gasteiger partial charge on any atom is 0.416 e. The number of alkyl halides is 3. The highest BCUT2D eigenvalue weighted by Crippen LogP contribution is 2.30. The minimum atomic E-state index is -4.47. The summed E-state index contributed by atoms with van der Waals surface area (Å²) < 4.78 is 37.5. The van der Waals surface area contributed by atoms with Gasteiger partial charge in [-0.3, -0.25) is 9.59 Å². The lowest BCUT2D eigenvalue weighted by Gasteiger charge is -2.10. The summed E-state index contributed by atoms with van der Waals surface area (Å²) in [6.07, 6.45) is -3.06. The van der Waals surface area contributed by atoms with Gasteiger partial charge in [0, 0.05) is 11.7 Å². The molecule has 2 N–H and O–H groups in total. The Kier molecular flexibility index (Phi) is 3.96. The molecular formula is C13H13F3N2O2. The summed E-state index contributed by atoms with van der Waals surface area (Å²) in [6.45, 7) is 0. The Labute approximate surface area is 113 Å². The summed E-state index contributed by atoms with van der Waals surface area (Å²) >= 11 is 0. The van der Waals surface area contributed by atoms with E-state index in [0.717, 1.165) is 25.0 Å². The van der Waals surface area contributed by atoms with Crippen LogP contribution in [-0.2, 0) is 15.8 Å². The molecule has 0 spiro atoms. The summed E-state index contributed by atoms with van der Waals surface area (Å²) in [6, 6.07) is 4.42. The van der Waals surface area contributed by atoms with E-state index in [2.05, 4.69) is 10.6 Å². The number of carbonyl (C=O) groups is 2. The van der Waals surface area contributed by atoms with Gasteiger partial charge in [0.1, 0.15) is 6.42 Å². The Morgan fingerprint density at radius 1 is 1.20 bits per heavy atom. The maximum atomic E-state index is 12.5.